The lowest BCUT2D eigenvalue weighted by Crippen LogP contribution is -2.50. The average Bonchev–Trinajstić information content (AvgIpc) is 2.81. The molecule has 1 saturated heterocycles. The third-order valence-electron chi connectivity index (χ3n) is 6.25. The molecule has 0 atom stereocenters. The molecule has 0 saturated carbocycles. The Labute approximate surface area is 189 Å². The minimum atomic E-state index is 0.0130. The van der Waals surface area contributed by atoms with Crippen molar-refractivity contribution in [2.75, 3.05) is 37.7 Å². The molecule has 4 rings (SSSR count). The molecule has 1 aliphatic rings. The monoisotopic (exact) mass is 430 g/mol. The molecule has 3 aromatic rings. The Hall–Kier alpha value is -3.41. The van der Waals surface area contributed by atoms with Crippen LogP contribution < -0.4 is 9.64 Å². The number of aryl methyl sites for hydroxylation is 4. The summed E-state index contributed by atoms with van der Waals surface area (Å²) in [4.78, 5) is 16.6. The molecule has 2 heterocycles. The fraction of sp³-hybridized carbons (Fsp3) is 0.346. The third-order valence-corrected chi connectivity index (χ3v) is 6.25. The van der Waals surface area contributed by atoms with Gasteiger partial charge in [0, 0.05) is 31.7 Å². The Balaban J connectivity index is 1.30. The predicted octanol–water partition coefficient (Wildman–Crippen LogP) is 4.10. The summed E-state index contributed by atoms with van der Waals surface area (Å²) < 4.78 is 5.71. The highest BCUT2D eigenvalue weighted by Crippen LogP contribution is 2.22. The van der Waals surface area contributed by atoms with Crippen LogP contribution in [-0.4, -0.2) is 53.8 Å². The van der Waals surface area contributed by atoms with E-state index in [1.165, 1.54) is 16.7 Å². The van der Waals surface area contributed by atoms with Gasteiger partial charge in [0.15, 0.2) is 12.4 Å². The predicted molar refractivity (Wildman–Crippen MR) is 127 cm³/mol. The number of nitrogens with zero attached hydrogens (tertiary/aromatic N) is 4. The molecule has 6 nitrogen and oxygen atoms in total. The lowest BCUT2D eigenvalue weighted by molar-refractivity contribution is -0.133. The van der Waals surface area contributed by atoms with Crippen LogP contribution in [0.15, 0.2) is 48.5 Å². The summed E-state index contributed by atoms with van der Waals surface area (Å²) in [7, 11) is 0. The van der Waals surface area contributed by atoms with Crippen molar-refractivity contribution >= 4 is 11.7 Å². The van der Waals surface area contributed by atoms with E-state index in [2.05, 4.69) is 54.1 Å². The maximum absolute atomic E-state index is 12.6. The number of hydrogen-bond donors (Lipinski definition) is 0. The molecule has 2 aromatic carbocycles. The lowest BCUT2D eigenvalue weighted by Gasteiger charge is -2.35. The molecule has 1 amide bonds. The summed E-state index contributed by atoms with van der Waals surface area (Å²) in [6, 6.07) is 16.3. The zero-order valence-electron chi connectivity index (χ0n) is 19.3. The molecule has 0 aliphatic carbocycles. The smallest absolute Gasteiger partial charge is 0.260 e. The van der Waals surface area contributed by atoms with Gasteiger partial charge in [0.1, 0.15) is 5.75 Å². The van der Waals surface area contributed by atoms with Crippen LogP contribution in [0.1, 0.15) is 22.3 Å². The van der Waals surface area contributed by atoms with Crippen molar-refractivity contribution in [3.63, 3.8) is 0 Å². The Morgan fingerprint density at radius 2 is 1.50 bits per heavy atom. The highest BCUT2D eigenvalue weighted by atomic mass is 16.5. The number of benzene rings is 2. The highest BCUT2D eigenvalue weighted by Gasteiger charge is 2.22. The normalized spacial score (nSPS) is 13.9. The first-order chi connectivity index (χ1) is 15.4. The second-order valence-electron chi connectivity index (χ2n) is 8.48. The molecule has 166 valence electrons. The van der Waals surface area contributed by atoms with E-state index in [4.69, 9.17) is 4.74 Å². The van der Waals surface area contributed by atoms with Gasteiger partial charge in [-0.05, 0) is 80.3 Å². The number of carbonyl (C=O) groups is 1. The summed E-state index contributed by atoms with van der Waals surface area (Å²) in [6.07, 6.45) is 0. The number of piperazine rings is 1. The van der Waals surface area contributed by atoms with E-state index in [9.17, 15) is 4.79 Å². The SMILES string of the molecule is Cc1ccc(OCC(=O)N2CCN(c3ccc(-c4ccc(C)c(C)c4)nn3)CC2)cc1C. The van der Waals surface area contributed by atoms with Crippen molar-refractivity contribution in [2.45, 2.75) is 27.7 Å². The molecular formula is C26H30N4O2. The zero-order chi connectivity index (χ0) is 22.7. The molecular weight excluding hydrogens is 400 g/mol. The Kier molecular flexibility index (Phi) is 6.40. The Morgan fingerprint density at radius 3 is 2.12 bits per heavy atom. The molecule has 0 unspecified atom stereocenters. The van der Waals surface area contributed by atoms with Crippen LogP contribution in [0.5, 0.6) is 5.75 Å². The van der Waals surface area contributed by atoms with Gasteiger partial charge in [0.25, 0.3) is 5.91 Å². The van der Waals surface area contributed by atoms with Crippen LogP contribution in [0.25, 0.3) is 11.3 Å². The standard InChI is InChI=1S/C26H30N4O2/c1-18-5-7-22(15-20(18)3)24-9-10-25(28-27-24)29-11-13-30(14-12-29)26(31)17-32-23-8-6-19(2)21(4)16-23/h5-10,15-16H,11-14,17H2,1-4H3. The minimum Gasteiger partial charge on any atom is -0.484 e. The van der Waals surface area contributed by atoms with Gasteiger partial charge in [0.2, 0.25) is 0 Å². The fourth-order valence-corrected chi connectivity index (χ4v) is 3.77. The maximum atomic E-state index is 12.6. The topological polar surface area (TPSA) is 58.6 Å². The zero-order valence-corrected chi connectivity index (χ0v) is 19.3. The summed E-state index contributed by atoms with van der Waals surface area (Å²) >= 11 is 0. The molecule has 0 radical (unpaired) electrons. The molecule has 6 heteroatoms. The first kappa shape index (κ1) is 21.8. The van der Waals surface area contributed by atoms with E-state index < -0.39 is 0 Å². The largest absolute Gasteiger partial charge is 0.484 e. The molecule has 32 heavy (non-hydrogen) atoms. The van der Waals surface area contributed by atoms with Crippen LogP contribution in [0.2, 0.25) is 0 Å². The number of hydrogen-bond acceptors (Lipinski definition) is 5. The molecule has 1 aromatic heterocycles. The molecule has 0 bridgehead atoms. The van der Waals surface area contributed by atoms with Gasteiger partial charge in [-0.15, -0.1) is 10.2 Å². The number of anilines is 1. The van der Waals surface area contributed by atoms with E-state index in [-0.39, 0.29) is 12.5 Å². The summed E-state index contributed by atoms with van der Waals surface area (Å²) in [5.41, 5.74) is 6.83. The number of ether oxygens (including phenoxy) is 1. The minimum absolute atomic E-state index is 0.0130. The van der Waals surface area contributed by atoms with E-state index >= 15 is 0 Å². The maximum Gasteiger partial charge on any atom is 0.260 e. The van der Waals surface area contributed by atoms with E-state index in [1.54, 1.807) is 0 Å². The number of rotatable bonds is 5. The van der Waals surface area contributed by atoms with Gasteiger partial charge in [-0.1, -0.05) is 18.2 Å². The third kappa shape index (κ3) is 4.90. The average molecular weight is 431 g/mol. The van der Waals surface area contributed by atoms with Crippen LogP contribution in [0.3, 0.4) is 0 Å². The van der Waals surface area contributed by atoms with E-state index in [0.29, 0.717) is 13.1 Å². The van der Waals surface area contributed by atoms with Crippen LogP contribution in [0.4, 0.5) is 5.82 Å². The summed E-state index contributed by atoms with van der Waals surface area (Å²) in [6.45, 7) is 11.1. The molecule has 0 spiro atoms. The second kappa shape index (κ2) is 9.39. The number of carbonyl (C=O) groups excluding carboxylic acids is 1. The fourth-order valence-electron chi connectivity index (χ4n) is 3.77. The Bertz CT molecular complexity index is 1100. The van der Waals surface area contributed by atoms with Gasteiger partial charge >= 0.3 is 0 Å². The van der Waals surface area contributed by atoms with Gasteiger partial charge in [-0.2, -0.15) is 0 Å². The number of amides is 1. The van der Waals surface area contributed by atoms with E-state index in [1.807, 2.05) is 42.2 Å². The van der Waals surface area contributed by atoms with Crippen molar-refractivity contribution in [3.8, 4) is 17.0 Å². The summed E-state index contributed by atoms with van der Waals surface area (Å²) in [5.74, 6) is 1.59. The van der Waals surface area contributed by atoms with Crippen LogP contribution in [-0.2, 0) is 4.79 Å². The van der Waals surface area contributed by atoms with Crippen molar-refractivity contribution in [3.05, 3.63) is 70.8 Å². The van der Waals surface area contributed by atoms with Crippen molar-refractivity contribution in [2.24, 2.45) is 0 Å². The lowest BCUT2D eigenvalue weighted by atomic mass is 10.0. The second-order valence-corrected chi connectivity index (χ2v) is 8.48. The summed E-state index contributed by atoms with van der Waals surface area (Å²) in [5, 5.41) is 8.87. The Morgan fingerprint density at radius 1 is 0.812 bits per heavy atom. The van der Waals surface area contributed by atoms with Gasteiger partial charge in [-0.25, -0.2) is 0 Å². The van der Waals surface area contributed by atoms with Gasteiger partial charge in [-0.3, -0.25) is 4.79 Å². The quantitative estimate of drug-likeness (QED) is 0.610. The van der Waals surface area contributed by atoms with Crippen LogP contribution >= 0.6 is 0 Å². The molecule has 1 fully saturated rings. The van der Waals surface area contributed by atoms with Gasteiger partial charge in [0.05, 0.1) is 5.69 Å². The molecule has 1 aliphatic heterocycles. The van der Waals surface area contributed by atoms with Crippen molar-refractivity contribution in [1.82, 2.24) is 15.1 Å². The van der Waals surface area contributed by atoms with Crippen LogP contribution in [0, 0.1) is 27.7 Å². The van der Waals surface area contributed by atoms with E-state index in [0.717, 1.165) is 41.5 Å². The first-order valence-electron chi connectivity index (χ1n) is 11.0. The first-order valence-corrected chi connectivity index (χ1v) is 11.0. The van der Waals surface area contributed by atoms with Gasteiger partial charge < -0.3 is 14.5 Å². The molecule has 0 N–H and O–H groups in total. The number of aromatic nitrogens is 2. The highest BCUT2D eigenvalue weighted by molar-refractivity contribution is 5.78. The van der Waals surface area contributed by atoms with Crippen molar-refractivity contribution < 1.29 is 9.53 Å². The van der Waals surface area contributed by atoms with Crippen molar-refractivity contribution in [1.29, 1.82) is 0 Å².